The Kier molecular flexibility index (Phi) is 9.03. The van der Waals surface area contributed by atoms with Crippen LogP contribution >= 0.6 is 7.82 Å². The summed E-state index contributed by atoms with van der Waals surface area (Å²) in [5.74, 6) is -5.46. The first kappa shape index (κ1) is 26.2. The van der Waals surface area contributed by atoms with E-state index in [-0.39, 0.29) is 0 Å². The summed E-state index contributed by atoms with van der Waals surface area (Å²) < 4.78 is 23.7. The van der Waals surface area contributed by atoms with E-state index in [2.05, 4.69) is 14.0 Å². The Balaban J connectivity index is 2.92. The number of aliphatic hydroxyl groups excluding tert-OH is 8. The van der Waals surface area contributed by atoms with E-state index in [0.717, 1.165) is 0 Å². The molecule has 0 spiro atoms. The van der Waals surface area contributed by atoms with Crippen LogP contribution < -0.4 is 0 Å². The van der Waals surface area contributed by atoms with Crippen LogP contribution in [0.3, 0.4) is 0 Å². The molecule has 29 heavy (non-hydrogen) atoms. The number of rotatable bonds is 9. The van der Waals surface area contributed by atoms with Crippen molar-refractivity contribution in [1.29, 1.82) is 0 Å². The predicted octanol–water partition coefficient (Wildman–Crippen LogP) is -6.80. The van der Waals surface area contributed by atoms with Gasteiger partial charge in [-0.3, -0.25) is 4.52 Å². The van der Waals surface area contributed by atoms with Crippen LogP contribution in [0.25, 0.3) is 0 Å². The van der Waals surface area contributed by atoms with Gasteiger partial charge in [-0.05, 0) is 0 Å². The van der Waals surface area contributed by atoms with E-state index in [1.54, 1.807) is 0 Å². The van der Waals surface area contributed by atoms with Gasteiger partial charge in [0, 0.05) is 0 Å². The van der Waals surface area contributed by atoms with E-state index in [9.17, 15) is 50.2 Å². The Morgan fingerprint density at radius 1 is 1.07 bits per heavy atom. The maximum Gasteiger partial charge on any atom is 0.469 e. The van der Waals surface area contributed by atoms with Crippen molar-refractivity contribution >= 4 is 13.8 Å². The van der Waals surface area contributed by atoms with E-state index in [0.29, 0.717) is 0 Å². The van der Waals surface area contributed by atoms with Crippen molar-refractivity contribution < 1.29 is 79.1 Å². The zero-order valence-electron chi connectivity index (χ0n) is 14.4. The average Bonchev–Trinajstić information content (AvgIpc) is 2.65. The van der Waals surface area contributed by atoms with Crippen LogP contribution in [-0.4, -0.2) is 130 Å². The van der Waals surface area contributed by atoms with E-state index in [1.807, 2.05) is 0 Å². The molecule has 17 heteroatoms. The lowest BCUT2D eigenvalue weighted by Gasteiger charge is -2.44. The third-order valence-corrected chi connectivity index (χ3v) is 4.38. The Morgan fingerprint density at radius 2 is 1.62 bits per heavy atom. The van der Waals surface area contributed by atoms with Crippen molar-refractivity contribution in [3.05, 3.63) is 0 Å². The van der Waals surface area contributed by atoms with Crippen LogP contribution in [0.5, 0.6) is 0 Å². The van der Waals surface area contributed by atoms with Gasteiger partial charge in [0.15, 0.2) is 12.2 Å². The van der Waals surface area contributed by atoms with Crippen molar-refractivity contribution in [3.63, 3.8) is 0 Å². The zero-order valence-corrected chi connectivity index (χ0v) is 15.3. The van der Waals surface area contributed by atoms with Crippen molar-refractivity contribution in [2.24, 2.45) is 0 Å². The molecule has 1 rings (SSSR count). The second-order valence-corrected chi connectivity index (χ2v) is 7.34. The predicted molar refractivity (Wildman–Crippen MR) is 83.0 cm³/mol. The molecule has 1 aliphatic rings. The first-order chi connectivity index (χ1) is 13.1. The van der Waals surface area contributed by atoms with Crippen LogP contribution in [0.2, 0.25) is 0 Å². The molecule has 0 aliphatic carbocycles. The summed E-state index contributed by atoms with van der Waals surface area (Å²) in [7, 11) is -5.09. The highest BCUT2D eigenvalue weighted by Gasteiger charge is 2.57. The molecule has 9 atom stereocenters. The van der Waals surface area contributed by atoms with Crippen molar-refractivity contribution in [2.75, 3.05) is 13.2 Å². The van der Waals surface area contributed by atoms with Gasteiger partial charge < -0.3 is 65.2 Å². The maximum atomic E-state index is 11.9. The molecule has 1 aliphatic heterocycles. The first-order valence-electron chi connectivity index (χ1n) is 7.85. The highest BCUT2D eigenvalue weighted by atomic mass is 31.2. The lowest BCUT2D eigenvalue weighted by Crippen LogP contribution is -2.67. The van der Waals surface area contributed by atoms with E-state index >= 15 is 0 Å². The lowest BCUT2D eigenvalue weighted by atomic mass is 9.97. The molecule has 0 aromatic rings. The normalized spacial score (nSPS) is 34.9. The Morgan fingerprint density at radius 3 is 2.10 bits per heavy atom. The zero-order chi connectivity index (χ0) is 22.7. The van der Waals surface area contributed by atoms with E-state index in [1.165, 1.54) is 0 Å². The van der Waals surface area contributed by atoms with E-state index < -0.39 is 81.8 Å². The summed E-state index contributed by atoms with van der Waals surface area (Å²) in [5.41, 5.74) is 0. The molecule has 4 unspecified atom stereocenters. The van der Waals surface area contributed by atoms with Gasteiger partial charge in [-0.25, -0.2) is 9.36 Å². The maximum absolute atomic E-state index is 11.9. The minimum atomic E-state index is -5.09. The summed E-state index contributed by atoms with van der Waals surface area (Å²) in [6, 6.07) is 0. The molecule has 16 nitrogen and oxygen atoms in total. The molecule has 172 valence electrons. The van der Waals surface area contributed by atoms with Crippen LogP contribution in [-0.2, 0) is 23.4 Å². The van der Waals surface area contributed by atoms with Gasteiger partial charge >= 0.3 is 19.8 Å². The van der Waals surface area contributed by atoms with Crippen LogP contribution in [0.4, 0.5) is 0 Å². The molecular formula is C12H23O16P. The topological polar surface area (TPSA) is 284 Å². The number of carbonyl (C=O) groups is 1. The lowest BCUT2D eigenvalue weighted by molar-refractivity contribution is -0.435. The quantitative estimate of drug-likeness (QED) is 0.0876. The number of phosphoric acid groups is 1. The van der Waals surface area contributed by atoms with Gasteiger partial charge in [0.1, 0.15) is 36.6 Å². The number of aliphatic hydroxyl groups is 9. The smallest absolute Gasteiger partial charge is 0.404 e. The van der Waals surface area contributed by atoms with Gasteiger partial charge in [0.25, 0.3) is 0 Å². The van der Waals surface area contributed by atoms with Gasteiger partial charge in [-0.2, -0.15) is 0 Å². The number of hydrogen-bond donors (Lipinski definition) is 11. The van der Waals surface area contributed by atoms with Crippen LogP contribution in [0, 0.1) is 0 Å². The van der Waals surface area contributed by atoms with Crippen molar-refractivity contribution in [1.82, 2.24) is 0 Å². The molecule has 0 amide bonds. The Bertz CT molecular complexity index is 596. The summed E-state index contributed by atoms with van der Waals surface area (Å²) >= 11 is 0. The molecule has 1 saturated heterocycles. The molecule has 1 fully saturated rings. The van der Waals surface area contributed by atoms with Crippen LogP contribution in [0.1, 0.15) is 0 Å². The monoisotopic (exact) mass is 454 g/mol. The average molecular weight is 454 g/mol. The van der Waals surface area contributed by atoms with E-state index in [4.69, 9.17) is 14.9 Å². The van der Waals surface area contributed by atoms with Gasteiger partial charge in [-0.15, -0.1) is 0 Å². The molecule has 0 radical (unpaired) electrons. The fourth-order valence-electron chi connectivity index (χ4n) is 2.23. The summed E-state index contributed by atoms with van der Waals surface area (Å²) in [4.78, 5) is 29.2. The van der Waals surface area contributed by atoms with Gasteiger partial charge in [0.2, 0.25) is 0 Å². The fraction of sp³-hybridized carbons (Fsp3) is 0.917. The van der Waals surface area contributed by atoms with Crippen molar-refractivity contribution in [3.8, 4) is 0 Å². The molecule has 0 bridgehead atoms. The van der Waals surface area contributed by atoms with Crippen LogP contribution in [0.15, 0.2) is 0 Å². The van der Waals surface area contributed by atoms with Gasteiger partial charge in [0.05, 0.1) is 13.2 Å². The minimum absolute atomic E-state index is 1.06. The number of phosphoric ester groups is 1. The summed E-state index contributed by atoms with van der Waals surface area (Å²) in [5, 5.41) is 86.0. The highest BCUT2D eigenvalue weighted by Crippen LogP contribution is 2.38. The highest BCUT2D eigenvalue weighted by molar-refractivity contribution is 7.46. The number of esters is 1. The molecular weight excluding hydrogens is 431 g/mol. The van der Waals surface area contributed by atoms with Gasteiger partial charge in [-0.1, -0.05) is 0 Å². The molecule has 0 aromatic carbocycles. The third-order valence-electron chi connectivity index (χ3n) is 3.90. The largest absolute Gasteiger partial charge is 0.469 e. The molecule has 11 N–H and O–H groups in total. The SMILES string of the molecule is O=C(O[C@@]1(O)O[C@H](COP(=O)(O)O)[C@@H](O)[C@H](O)[C@H]1O)C(O)C(O)C(O)C(O)CO. The number of carbonyl (C=O) groups excluding carboxylic acids is 1. The Labute approximate surface area is 162 Å². The first-order valence-corrected chi connectivity index (χ1v) is 9.38. The standard InChI is InChI=1S/C12H23O16P/c13-1-3(14)5(15)7(17)9(19)11(21)28-12(22)10(20)8(18)6(16)4(27-12)2-26-29(23,24)25/h3-10,13-20,22H,1-2H2,(H2,23,24,25)/t3?,4-,5?,6-,7?,8+,9?,10-,12+/m1/s1. The molecule has 0 aromatic heterocycles. The van der Waals surface area contributed by atoms with Crippen molar-refractivity contribution in [2.45, 2.75) is 54.8 Å². The summed E-state index contributed by atoms with van der Waals surface area (Å²) in [6.45, 7) is -2.21. The summed E-state index contributed by atoms with van der Waals surface area (Å²) in [6.07, 6.45) is -18.2. The Hall–Kier alpha value is -0.820. The second kappa shape index (κ2) is 9.99. The number of hydrogen-bond acceptors (Lipinski definition) is 14. The number of ether oxygens (including phenoxy) is 2. The third kappa shape index (κ3) is 6.58. The molecule has 1 heterocycles. The molecule has 0 saturated carbocycles. The second-order valence-electron chi connectivity index (χ2n) is 6.10. The minimum Gasteiger partial charge on any atom is -0.404 e. The fourth-order valence-corrected chi connectivity index (χ4v) is 2.57.